The van der Waals surface area contributed by atoms with Crippen molar-refractivity contribution in [2.75, 3.05) is 9.80 Å². The van der Waals surface area contributed by atoms with E-state index in [0.29, 0.717) is 0 Å². The molecule has 2 heteroatoms. The SMILES string of the molecule is Cc1ccc(-c2ccc(N(c3cccc(-c4cccc(-c5cccc(N(c6ccccc6)c6cccc(-c7ccc8c(c7)CC8)c6)c5)c4)c3)c3cccc(-c4ccc5c(c4)CC5)c3)cc2)cc1. The number of nitrogens with zero attached hydrogens (tertiary/aromatic N) is 2. The molecule has 10 aromatic carbocycles. The van der Waals surface area contributed by atoms with Crippen molar-refractivity contribution >= 4 is 34.1 Å². The monoisotopic (exact) mass is 858 g/mol. The molecule has 0 fully saturated rings. The molecule has 0 radical (unpaired) electrons. The number of hydrogen-bond donors (Lipinski definition) is 0. The lowest BCUT2D eigenvalue weighted by molar-refractivity contribution is 0.840. The Morgan fingerprint density at radius 2 is 0.537 bits per heavy atom. The van der Waals surface area contributed by atoms with Crippen LogP contribution in [0.15, 0.2) is 237 Å². The van der Waals surface area contributed by atoms with Crippen LogP contribution in [0, 0.1) is 6.92 Å². The minimum atomic E-state index is 1.10. The number of fused-ring (bicyclic) bond motifs is 2. The van der Waals surface area contributed by atoms with Gasteiger partial charge in [-0.2, -0.15) is 0 Å². The van der Waals surface area contributed by atoms with Gasteiger partial charge in [-0.1, -0.05) is 163 Å². The Balaban J connectivity index is 0.898. The third-order valence-corrected chi connectivity index (χ3v) is 13.9. The van der Waals surface area contributed by atoms with E-state index in [1.54, 1.807) is 0 Å². The molecule has 0 N–H and O–H groups in total. The number of anilines is 6. The summed E-state index contributed by atoms with van der Waals surface area (Å²) in [5.74, 6) is 0. The third kappa shape index (κ3) is 8.02. The molecule has 0 saturated carbocycles. The first kappa shape index (κ1) is 40.3. The van der Waals surface area contributed by atoms with Crippen LogP contribution in [0.2, 0.25) is 0 Å². The van der Waals surface area contributed by atoms with Gasteiger partial charge < -0.3 is 9.80 Å². The van der Waals surface area contributed by atoms with E-state index in [1.165, 1.54) is 98.0 Å². The van der Waals surface area contributed by atoms with E-state index < -0.39 is 0 Å². The van der Waals surface area contributed by atoms with E-state index in [9.17, 15) is 0 Å². The predicted octanol–water partition coefficient (Wildman–Crippen LogP) is 17.5. The summed E-state index contributed by atoms with van der Waals surface area (Å²) in [7, 11) is 0. The highest BCUT2D eigenvalue weighted by molar-refractivity contribution is 5.86. The van der Waals surface area contributed by atoms with Gasteiger partial charge in [0.15, 0.2) is 0 Å². The average Bonchev–Trinajstić information content (AvgIpc) is 3.36. The largest absolute Gasteiger partial charge is 0.310 e. The fourth-order valence-electron chi connectivity index (χ4n) is 9.95. The standard InChI is InChI=1S/C65H50N2/c1-45-22-24-46(25-23-45)47-34-36-61(37-35-47)67(65-21-9-15-55(44-65)59-33-29-49-27-31-57(49)40-59)64-20-7-13-53(42-64)51-11-5-10-50(38-51)52-12-6-18-62(41-52)66(60-16-3-2-4-17-60)63-19-8-14-54(43-63)58-32-28-48-26-30-56(48)39-58/h2-25,28-29,32-44H,26-27,30-31H2,1H3. The Hall–Kier alpha value is -8.20. The van der Waals surface area contributed by atoms with E-state index in [2.05, 4.69) is 253 Å². The minimum Gasteiger partial charge on any atom is -0.310 e. The maximum Gasteiger partial charge on any atom is 0.0467 e. The molecule has 0 unspecified atom stereocenters. The van der Waals surface area contributed by atoms with Crippen molar-refractivity contribution in [2.45, 2.75) is 32.6 Å². The molecular weight excluding hydrogens is 809 g/mol. The number of benzene rings is 10. The second kappa shape index (κ2) is 17.3. The van der Waals surface area contributed by atoms with Crippen LogP contribution >= 0.6 is 0 Å². The van der Waals surface area contributed by atoms with Gasteiger partial charge in [0.25, 0.3) is 0 Å². The van der Waals surface area contributed by atoms with Gasteiger partial charge in [-0.05, 0) is 189 Å². The molecule has 0 saturated heterocycles. The van der Waals surface area contributed by atoms with E-state index in [0.717, 1.165) is 45.3 Å². The third-order valence-electron chi connectivity index (χ3n) is 13.9. The molecule has 2 aliphatic rings. The van der Waals surface area contributed by atoms with Crippen LogP contribution in [0.4, 0.5) is 34.1 Å². The Morgan fingerprint density at radius 1 is 0.224 bits per heavy atom. The van der Waals surface area contributed by atoms with Gasteiger partial charge >= 0.3 is 0 Å². The number of aryl methyl sites for hydroxylation is 5. The molecule has 0 amide bonds. The fraction of sp³-hybridized carbons (Fsp3) is 0.0769. The zero-order chi connectivity index (χ0) is 44.7. The van der Waals surface area contributed by atoms with Gasteiger partial charge in [0.05, 0.1) is 0 Å². The number of rotatable bonds is 11. The summed E-state index contributed by atoms with van der Waals surface area (Å²) < 4.78 is 0. The normalized spacial score (nSPS) is 12.3. The Labute approximate surface area is 394 Å². The molecular formula is C65H50N2. The van der Waals surface area contributed by atoms with Crippen molar-refractivity contribution in [3.8, 4) is 55.6 Å². The molecule has 2 aliphatic carbocycles. The molecule has 320 valence electrons. The highest BCUT2D eigenvalue weighted by atomic mass is 15.1. The van der Waals surface area contributed by atoms with Gasteiger partial charge in [-0.3, -0.25) is 0 Å². The zero-order valence-electron chi connectivity index (χ0n) is 37.7. The summed E-state index contributed by atoms with van der Waals surface area (Å²) in [6, 6.07) is 87.4. The second-order valence-electron chi connectivity index (χ2n) is 18.2. The summed E-state index contributed by atoms with van der Waals surface area (Å²) in [6.45, 7) is 2.14. The van der Waals surface area contributed by atoms with Crippen molar-refractivity contribution < 1.29 is 0 Å². The lowest BCUT2D eigenvalue weighted by Gasteiger charge is -2.27. The molecule has 0 spiro atoms. The number of hydrogen-bond acceptors (Lipinski definition) is 2. The average molecular weight is 859 g/mol. The van der Waals surface area contributed by atoms with Crippen LogP contribution in [0.25, 0.3) is 55.6 Å². The maximum absolute atomic E-state index is 2.40. The second-order valence-corrected chi connectivity index (χ2v) is 18.2. The van der Waals surface area contributed by atoms with Crippen molar-refractivity contribution in [3.05, 3.63) is 264 Å². The highest BCUT2D eigenvalue weighted by Crippen LogP contribution is 2.42. The first-order chi connectivity index (χ1) is 33.1. The Morgan fingerprint density at radius 3 is 0.925 bits per heavy atom. The molecule has 0 atom stereocenters. The molecule has 0 bridgehead atoms. The van der Waals surface area contributed by atoms with E-state index in [-0.39, 0.29) is 0 Å². The minimum absolute atomic E-state index is 1.10. The molecule has 0 aromatic heterocycles. The van der Waals surface area contributed by atoms with Crippen LogP contribution in [0.5, 0.6) is 0 Å². The molecule has 12 rings (SSSR count). The lowest BCUT2D eigenvalue weighted by Crippen LogP contribution is -2.10. The fourth-order valence-corrected chi connectivity index (χ4v) is 9.95. The highest BCUT2D eigenvalue weighted by Gasteiger charge is 2.19. The van der Waals surface area contributed by atoms with Gasteiger partial charge in [0.1, 0.15) is 0 Å². The van der Waals surface area contributed by atoms with Crippen LogP contribution in [0.1, 0.15) is 27.8 Å². The Kier molecular flexibility index (Phi) is 10.4. The van der Waals surface area contributed by atoms with E-state index in [4.69, 9.17) is 0 Å². The molecule has 67 heavy (non-hydrogen) atoms. The van der Waals surface area contributed by atoms with Crippen molar-refractivity contribution in [2.24, 2.45) is 0 Å². The quantitative estimate of drug-likeness (QED) is 0.128. The Bertz CT molecular complexity index is 3420. The summed E-state index contributed by atoms with van der Waals surface area (Å²) in [4.78, 5) is 4.78. The maximum atomic E-state index is 2.40. The number of para-hydroxylation sites is 1. The van der Waals surface area contributed by atoms with Gasteiger partial charge in [0, 0.05) is 34.1 Å². The molecule has 0 heterocycles. The summed E-state index contributed by atoms with van der Waals surface area (Å²) >= 11 is 0. The molecule has 0 aliphatic heterocycles. The van der Waals surface area contributed by atoms with Gasteiger partial charge in [0.2, 0.25) is 0 Å². The van der Waals surface area contributed by atoms with Crippen LogP contribution in [-0.2, 0) is 25.7 Å². The lowest BCUT2D eigenvalue weighted by atomic mass is 9.86. The van der Waals surface area contributed by atoms with Gasteiger partial charge in [-0.25, -0.2) is 0 Å². The smallest absolute Gasteiger partial charge is 0.0467 e. The van der Waals surface area contributed by atoms with E-state index in [1.807, 2.05) is 0 Å². The molecule has 2 nitrogen and oxygen atoms in total. The summed E-state index contributed by atoms with van der Waals surface area (Å²) in [5.41, 5.74) is 26.0. The zero-order valence-corrected chi connectivity index (χ0v) is 37.7. The predicted molar refractivity (Wildman–Crippen MR) is 283 cm³/mol. The van der Waals surface area contributed by atoms with Crippen LogP contribution in [-0.4, -0.2) is 0 Å². The van der Waals surface area contributed by atoms with Gasteiger partial charge in [-0.15, -0.1) is 0 Å². The van der Waals surface area contributed by atoms with E-state index >= 15 is 0 Å². The summed E-state index contributed by atoms with van der Waals surface area (Å²) in [6.07, 6.45) is 4.72. The van der Waals surface area contributed by atoms with Crippen LogP contribution < -0.4 is 9.80 Å². The van der Waals surface area contributed by atoms with Crippen molar-refractivity contribution in [1.82, 2.24) is 0 Å². The topological polar surface area (TPSA) is 6.48 Å². The first-order valence-corrected chi connectivity index (χ1v) is 23.6. The molecule has 10 aromatic rings. The van der Waals surface area contributed by atoms with Crippen LogP contribution in [0.3, 0.4) is 0 Å². The van der Waals surface area contributed by atoms with Crippen molar-refractivity contribution in [3.63, 3.8) is 0 Å². The summed E-state index contributed by atoms with van der Waals surface area (Å²) in [5, 5.41) is 0. The first-order valence-electron chi connectivity index (χ1n) is 23.6. The van der Waals surface area contributed by atoms with Crippen molar-refractivity contribution in [1.29, 1.82) is 0 Å².